The van der Waals surface area contributed by atoms with Gasteiger partial charge in [0, 0.05) is 0 Å². The van der Waals surface area contributed by atoms with Gasteiger partial charge in [0.1, 0.15) is 6.42 Å². The molecule has 48 valence electrons. The van der Waals surface area contributed by atoms with Gasteiger partial charge in [-0.2, -0.15) is 0 Å². The Morgan fingerprint density at radius 1 is 2.00 bits per heavy atom. The normalized spacial score (nSPS) is 12.9. The van der Waals surface area contributed by atoms with Gasteiger partial charge < -0.3 is 9.84 Å². The van der Waals surface area contributed by atoms with Crippen LogP contribution in [0.1, 0.15) is 6.42 Å². The van der Waals surface area contributed by atoms with E-state index in [0.717, 1.165) is 7.11 Å². The molecular formula is C4H7FO3. The lowest BCUT2D eigenvalue weighted by molar-refractivity contribution is -0.145. The largest absolute Gasteiger partial charge is 0.469 e. The average Bonchev–Trinajstić information content (AvgIpc) is 1.65. The van der Waals surface area contributed by atoms with Crippen LogP contribution in [-0.2, 0) is 9.53 Å². The van der Waals surface area contributed by atoms with Crippen LogP contribution in [0.2, 0.25) is 0 Å². The fraction of sp³-hybridized carbons (Fsp3) is 0.750. The summed E-state index contributed by atoms with van der Waals surface area (Å²) in [5.41, 5.74) is 0. The lowest BCUT2D eigenvalue weighted by Crippen LogP contribution is -2.08. The molecule has 0 spiro atoms. The number of alkyl halides is 1. The van der Waals surface area contributed by atoms with Crippen LogP contribution in [0.25, 0.3) is 0 Å². The first-order valence-corrected chi connectivity index (χ1v) is 2.05. The van der Waals surface area contributed by atoms with Gasteiger partial charge in [-0.1, -0.05) is 0 Å². The highest BCUT2D eigenvalue weighted by atomic mass is 19.1. The number of halogens is 1. The van der Waals surface area contributed by atoms with Crippen molar-refractivity contribution in [2.24, 2.45) is 0 Å². The van der Waals surface area contributed by atoms with Gasteiger partial charge in [0.05, 0.1) is 7.11 Å². The maximum atomic E-state index is 11.4. The number of rotatable bonds is 2. The molecule has 4 heteroatoms. The maximum absolute atomic E-state index is 11.4. The second-order valence-electron chi connectivity index (χ2n) is 1.21. The molecule has 0 aliphatic carbocycles. The highest BCUT2D eigenvalue weighted by Gasteiger charge is 2.06. The predicted octanol–water partition coefficient (Wildman–Crippen LogP) is -0.163. The fourth-order valence-electron chi connectivity index (χ4n) is 0.221. The van der Waals surface area contributed by atoms with Gasteiger partial charge in [-0.15, -0.1) is 0 Å². The van der Waals surface area contributed by atoms with Gasteiger partial charge in [-0.05, 0) is 0 Å². The molecule has 0 saturated heterocycles. The third kappa shape index (κ3) is 3.55. The first-order chi connectivity index (χ1) is 3.66. The van der Waals surface area contributed by atoms with E-state index in [1.54, 1.807) is 0 Å². The van der Waals surface area contributed by atoms with Crippen LogP contribution in [0, 0.1) is 0 Å². The van der Waals surface area contributed by atoms with E-state index in [4.69, 9.17) is 5.11 Å². The van der Waals surface area contributed by atoms with Crippen LogP contribution in [0.4, 0.5) is 4.39 Å². The summed E-state index contributed by atoms with van der Waals surface area (Å²) in [5.74, 6) is -0.750. The number of methoxy groups -OCH3 is 1. The van der Waals surface area contributed by atoms with Gasteiger partial charge in [0.25, 0.3) is 0 Å². The van der Waals surface area contributed by atoms with Gasteiger partial charge in [0.2, 0.25) is 6.36 Å². The lowest BCUT2D eigenvalue weighted by Gasteiger charge is -1.96. The minimum absolute atomic E-state index is 0.587. The molecule has 0 saturated carbocycles. The second-order valence-corrected chi connectivity index (χ2v) is 1.21. The Balaban J connectivity index is 3.25. The topological polar surface area (TPSA) is 46.5 Å². The van der Waals surface area contributed by atoms with E-state index in [0.29, 0.717) is 0 Å². The van der Waals surface area contributed by atoms with Crippen LogP contribution in [-0.4, -0.2) is 24.5 Å². The molecule has 0 aromatic carbocycles. The van der Waals surface area contributed by atoms with Crippen molar-refractivity contribution in [2.45, 2.75) is 12.8 Å². The van der Waals surface area contributed by atoms with Crippen molar-refractivity contribution in [1.29, 1.82) is 0 Å². The predicted molar refractivity (Wildman–Crippen MR) is 23.7 cm³/mol. The van der Waals surface area contributed by atoms with Crippen molar-refractivity contribution in [1.82, 2.24) is 0 Å². The number of aliphatic hydroxyl groups excluding tert-OH is 1. The van der Waals surface area contributed by atoms with Crippen molar-refractivity contribution < 1.29 is 19.0 Å². The van der Waals surface area contributed by atoms with E-state index < -0.39 is 18.7 Å². The van der Waals surface area contributed by atoms with Crippen molar-refractivity contribution in [3.8, 4) is 0 Å². The van der Waals surface area contributed by atoms with Crippen LogP contribution in [0.15, 0.2) is 0 Å². The van der Waals surface area contributed by atoms with Crippen LogP contribution in [0.3, 0.4) is 0 Å². The van der Waals surface area contributed by atoms with Gasteiger partial charge in [0.15, 0.2) is 0 Å². The Morgan fingerprint density at radius 3 is 2.62 bits per heavy atom. The van der Waals surface area contributed by atoms with E-state index in [9.17, 15) is 9.18 Å². The van der Waals surface area contributed by atoms with Crippen LogP contribution >= 0.6 is 0 Å². The number of hydrogen-bond donors (Lipinski definition) is 1. The number of aliphatic hydroxyl groups is 1. The molecule has 0 amide bonds. The number of carbonyl (C=O) groups excluding carboxylic acids is 1. The number of esters is 1. The summed E-state index contributed by atoms with van der Waals surface area (Å²) >= 11 is 0. The number of hydrogen-bond acceptors (Lipinski definition) is 3. The van der Waals surface area contributed by atoms with Crippen LogP contribution in [0.5, 0.6) is 0 Å². The molecule has 1 unspecified atom stereocenters. The maximum Gasteiger partial charge on any atom is 0.310 e. The molecule has 1 N–H and O–H groups in total. The SMILES string of the molecule is COC(=O)CC(O)F. The highest BCUT2D eigenvalue weighted by molar-refractivity contribution is 5.69. The first-order valence-electron chi connectivity index (χ1n) is 2.05. The standard InChI is InChI=1S/C4H7FO3/c1-8-4(7)2-3(5)6/h3,6H,2H2,1H3. The molecule has 0 aliphatic heterocycles. The zero-order valence-electron chi connectivity index (χ0n) is 4.43. The molecule has 0 heterocycles. The van der Waals surface area contributed by atoms with Gasteiger partial charge in [-0.3, -0.25) is 4.79 Å². The Labute approximate surface area is 46.1 Å². The van der Waals surface area contributed by atoms with Crippen LogP contribution < -0.4 is 0 Å². The van der Waals surface area contributed by atoms with E-state index in [1.807, 2.05) is 0 Å². The zero-order chi connectivity index (χ0) is 6.57. The van der Waals surface area contributed by atoms with E-state index >= 15 is 0 Å². The van der Waals surface area contributed by atoms with Crippen molar-refractivity contribution in [3.63, 3.8) is 0 Å². The molecule has 0 aromatic rings. The molecule has 1 atom stereocenters. The molecule has 0 bridgehead atoms. The smallest absolute Gasteiger partial charge is 0.310 e. The molecule has 0 aliphatic rings. The Kier molecular flexibility index (Phi) is 3.10. The monoisotopic (exact) mass is 122 g/mol. The molecular weight excluding hydrogens is 115 g/mol. The van der Waals surface area contributed by atoms with Crippen molar-refractivity contribution in [2.75, 3.05) is 7.11 Å². The van der Waals surface area contributed by atoms with E-state index in [1.165, 1.54) is 0 Å². The molecule has 0 rings (SSSR count). The Morgan fingerprint density at radius 2 is 2.50 bits per heavy atom. The molecule has 0 radical (unpaired) electrons. The summed E-state index contributed by atoms with van der Waals surface area (Å²) in [7, 11) is 1.13. The average molecular weight is 122 g/mol. The zero-order valence-corrected chi connectivity index (χ0v) is 4.43. The number of ether oxygens (including phenoxy) is 1. The molecule has 8 heavy (non-hydrogen) atoms. The third-order valence-corrected chi connectivity index (χ3v) is 0.563. The van der Waals surface area contributed by atoms with Crippen molar-refractivity contribution in [3.05, 3.63) is 0 Å². The lowest BCUT2D eigenvalue weighted by atomic mass is 10.4. The summed E-state index contributed by atoms with van der Waals surface area (Å²) < 4.78 is 15.4. The van der Waals surface area contributed by atoms with Gasteiger partial charge >= 0.3 is 5.97 Å². The summed E-state index contributed by atoms with van der Waals surface area (Å²) in [6, 6.07) is 0. The summed E-state index contributed by atoms with van der Waals surface area (Å²) in [4.78, 5) is 10.0. The summed E-state index contributed by atoms with van der Waals surface area (Å²) in [6.45, 7) is 0. The highest BCUT2D eigenvalue weighted by Crippen LogP contribution is 1.92. The summed E-state index contributed by atoms with van der Waals surface area (Å²) in [6.07, 6.45) is -2.68. The van der Waals surface area contributed by atoms with Gasteiger partial charge in [-0.25, -0.2) is 4.39 Å². The van der Waals surface area contributed by atoms with E-state index in [-0.39, 0.29) is 0 Å². The second kappa shape index (κ2) is 3.37. The minimum atomic E-state index is -2.09. The van der Waals surface area contributed by atoms with E-state index in [2.05, 4.69) is 4.74 Å². The minimum Gasteiger partial charge on any atom is -0.469 e. The molecule has 0 aromatic heterocycles. The summed E-state index contributed by atoms with van der Waals surface area (Å²) in [5, 5.41) is 7.89. The quantitative estimate of drug-likeness (QED) is 0.517. The molecule has 0 fully saturated rings. The third-order valence-electron chi connectivity index (χ3n) is 0.563. The Bertz CT molecular complexity index is 81.4. The number of carbonyl (C=O) groups is 1. The molecule has 3 nitrogen and oxygen atoms in total. The van der Waals surface area contributed by atoms with Crippen molar-refractivity contribution >= 4 is 5.97 Å². The first kappa shape index (κ1) is 7.36. The fourth-order valence-corrected chi connectivity index (χ4v) is 0.221. The Hall–Kier alpha value is -0.640.